The molecular weight excluding hydrogens is 335 g/mol. The second-order valence-electron chi connectivity index (χ2n) is 6.08. The van der Waals surface area contributed by atoms with Gasteiger partial charge in [-0.05, 0) is 25.0 Å². The van der Waals surface area contributed by atoms with Crippen LogP contribution in [0.1, 0.15) is 28.9 Å². The van der Waals surface area contributed by atoms with Crippen LogP contribution >= 0.6 is 0 Å². The highest BCUT2D eigenvalue weighted by molar-refractivity contribution is 5.92. The van der Waals surface area contributed by atoms with E-state index in [-0.39, 0.29) is 17.8 Å². The number of anilines is 1. The summed E-state index contributed by atoms with van der Waals surface area (Å²) < 4.78 is 40.3. The molecule has 3 heterocycles. The average Bonchev–Trinajstić information content (AvgIpc) is 3.01. The average molecular weight is 353 g/mol. The molecule has 2 aromatic heterocycles. The molecule has 0 saturated carbocycles. The number of pyridine rings is 1. The van der Waals surface area contributed by atoms with Gasteiger partial charge in [-0.2, -0.15) is 13.2 Å². The van der Waals surface area contributed by atoms with Crippen LogP contribution in [0.5, 0.6) is 0 Å². The minimum Gasteiger partial charge on any atom is -0.355 e. The van der Waals surface area contributed by atoms with Gasteiger partial charge in [-0.3, -0.25) is 4.79 Å². The zero-order valence-corrected chi connectivity index (χ0v) is 13.6. The minimum absolute atomic E-state index is 0.167. The molecule has 1 fully saturated rings. The minimum atomic E-state index is -4.40. The standard InChI is InChI=1S/C16H18F3N5O/c1-23-9-13(21-10-23)15(25)22-12-3-2-6-24(8-12)14-7-11(4-5-20-14)16(17,18)19/h4-5,7,9-10,12H,2-3,6,8H2,1H3,(H,22,25). The number of piperidine rings is 1. The summed E-state index contributed by atoms with van der Waals surface area (Å²) in [6.07, 6.45) is 1.42. The van der Waals surface area contributed by atoms with Crippen molar-refractivity contribution in [2.75, 3.05) is 18.0 Å². The molecule has 0 aromatic carbocycles. The molecule has 1 aliphatic heterocycles. The molecule has 6 nitrogen and oxygen atoms in total. The van der Waals surface area contributed by atoms with Crippen molar-refractivity contribution in [3.05, 3.63) is 42.1 Å². The molecule has 1 aliphatic rings. The Morgan fingerprint density at radius 3 is 2.84 bits per heavy atom. The van der Waals surface area contributed by atoms with Gasteiger partial charge in [0, 0.05) is 38.6 Å². The Kier molecular flexibility index (Phi) is 4.65. The third-order valence-electron chi connectivity index (χ3n) is 4.09. The highest BCUT2D eigenvalue weighted by Gasteiger charge is 2.32. The van der Waals surface area contributed by atoms with Gasteiger partial charge in [-0.15, -0.1) is 0 Å². The van der Waals surface area contributed by atoms with Gasteiger partial charge in [0.05, 0.1) is 11.9 Å². The summed E-state index contributed by atoms with van der Waals surface area (Å²) >= 11 is 0. The number of carbonyl (C=O) groups is 1. The summed E-state index contributed by atoms with van der Waals surface area (Å²) in [5.74, 6) is -0.0175. The predicted molar refractivity (Wildman–Crippen MR) is 85.1 cm³/mol. The molecule has 1 N–H and O–H groups in total. The highest BCUT2D eigenvalue weighted by Crippen LogP contribution is 2.31. The van der Waals surface area contributed by atoms with Crippen LogP contribution in [0.25, 0.3) is 0 Å². The van der Waals surface area contributed by atoms with Gasteiger partial charge in [0.15, 0.2) is 0 Å². The van der Waals surface area contributed by atoms with Crippen molar-refractivity contribution in [1.82, 2.24) is 19.9 Å². The van der Waals surface area contributed by atoms with Crippen molar-refractivity contribution in [1.29, 1.82) is 0 Å². The molecule has 0 bridgehead atoms. The normalized spacial score (nSPS) is 18.2. The van der Waals surface area contributed by atoms with Crippen molar-refractivity contribution in [3.8, 4) is 0 Å². The number of hydrogen-bond acceptors (Lipinski definition) is 4. The number of halogens is 3. The molecule has 1 amide bonds. The molecule has 1 atom stereocenters. The van der Waals surface area contributed by atoms with Gasteiger partial charge in [0.2, 0.25) is 0 Å². The molecule has 1 saturated heterocycles. The van der Waals surface area contributed by atoms with Crippen LogP contribution < -0.4 is 10.2 Å². The number of carbonyl (C=O) groups excluding carboxylic acids is 1. The summed E-state index contributed by atoms with van der Waals surface area (Å²) in [7, 11) is 1.77. The lowest BCUT2D eigenvalue weighted by atomic mass is 10.1. The number of rotatable bonds is 3. The lowest BCUT2D eigenvalue weighted by Gasteiger charge is -2.34. The predicted octanol–water partition coefficient (Wildman–Crippen LogP) is 2.23. The maximum atomic E-state index is 12.9. The van der Waals surface area contributed by atoms with E-state index in [2.05, 4.69) is 15.3 Å². The molecule has 1 unspecified atom stereocenters. The van der Waals surface area contributed by atoms with E-state index in [1.165, 1.54) is 6.33 Å². The van der Waals surface area contributed by atoms with Gasteiger partial charge >= 0.3 is 6.18 Å². The summed E-state index contributed by atoms with van der Waals surface area (Å²) in [4.78, 5) is 22.0. The maximum absolute atomic E-state index is 12.9. The zero-order chi connectivity index (χ0) is 18.0. The Balaban J connectivity index is 1.68. The third-order valence-corrected chi connectivity index (χ3v) is 4.09. The first-order valence-corrected chi connectivity index (χ1v) is 7.90. The molecular formula is C16H18F3N5O. The maximum Gasteiger partial charge on any atom is 0.416 e. The van der Waals surface area contributed by atoms with E-state index in [4.69, 9.17) is 0 Å². The van der Waals surface area contributed by atoms with E-state index in [1.807, 2.05) is 0 Å². The first kappa shape index (κ1) is 17.2. The summed E-state index contributed by atoms with van der Waals surface area (Å²) in [6.45, 7) is 1.01. The van der Waals surface area contributed by atoms with Crippen molar-refractivity contribution >= 4 is 11.7 Å². The molecule has 0 radical (unpaired) electrons. The second-order valence-corrected chi connectivity index (χ2v) is 6.08. The number of aromatic nitrogens is 3. The van der Waals surface area contributed by atoms with Gasteiger partial charge in [-0.1, -0.05) is 0 Å². The molecule has 2 aromatic rings. The largest absolute Gasteiger partial charge is 0.416 e. The Hall–Kier alpha value is -2.58. The Morgan fingerprint density at radius 2 is 2.16 bits per heavy atom. The van der Waals surface area contributed by atoms with Crippen LogP contribution in [0.15, 0.2) is 30.9 Å². The Labute approximate surface area is 142 Å². The summed E-state index contributed by atoms with van der Waals surface area (Å²) in [5, 5.41) is 2.89. The number of alkyl halides is 3. The van der Waals surface area contributed by atoms with Crippen molar-refractivity contribution in [2.45, 2.75) is 25.1 Å². The number of hydrogen-bond donors (Lipinski definition) is 1. The van der Waals surface area contributed by atoms with Crippen LogP contribution in [0.2, 0.25) is 0 Å². The SMILES string of the molecule is Cn1cnc(C(=O)NC2CCCN(c3cc(C(F)(F)F)ccn3)C2)c1. The van der Waals surface area contributed by atoms with E-state index in [1.54, 1.807) is 22.7 Å². The number of amides is 1. The first-order valence-electron chi connectivity index (χ1n) is 7.90. The van der Waals surface area contributed by atoms with E-state index in [0.29, 0.717) is 18.8 Å². The summed E-state index contributed by atoms with van der Waals surface area (Å²) in [6, 6.07) is 1.83. The number of nitrogens with zero attached hydrogens (tertiary/aromatic N) is 4. The number of imidazole rings is 1. The van der Waals surface area contributed by atoms with Crippen LogP contribution in [0.3, 0.4) is 0 Å². The number of aryl methyl sites for hydroxylation is 1. The lowest BCUT2D eigenvalue weighted by molar-refractivity contribution is -0.137. The van der Waals surface area contributed by atoms with Gasteiger partial charge in [0.1, 0.15) is 11.5 Å². The smallest absolute Gasteiger partial charge is 0.355 e. The van der Waals surface area contributed by atoms with E-state index >= 15 is 0 Å². The second kappa shape index (κ2) is 6.73. The molecule has 0 spiro atoms. The topological polar surface area (TPSA) is 63.1 Å². The van der Waals surface area contributed by atoms with Crippen LogP contribution in [-0.2, 0) is 13.2 Å². The summed E-state index contributed by atoms with van der Waals surface area (Å²) in [5.41, 5.74) is -0.408. The number of nitrogens with one attached hydrogen (secondary N) is 1. The van der Waals surface area contributed by atoms with E-state index in [9.17, 15) is 18.0 Å². The third kappa shape index (κ3) is 4.09. The van der Waals surface area contributed by atoms with E-state index < -0.39 is 11.7 Å². The fourth-order valence-electron chi connectivity index (χ4n) is 2.86. The van der Waals surface area contributed by atoms with Crippen molar-refractivity contribution < 1.29 is 18.0 Å². The fourth-order valence-corrected chi connectivity index (χ4v) is 2.86. The van der Waals surface area contributed by atoms with Crippen molar-refractivity contribution in [3.63, 3.8) is 0 Å². The molecule has 134 valence electrons. The van der Waals surface area contributed by atoms with Gasteiger partial charge < -0.3 is 14.8 Å². The quantitative estimate of drug-likeness (QED) is 0.919. The first-order chi connectivity index (χ1) is 11.8. The van der Waals surface area contributed by atoms with Crippen molar-refractivity contribution in [2.24, 2.45) is 7.05 Å². The Bertz CT molecular complexity index is 758. The van der Waals surface area contributed by atoms with Crippen LogP contribution in [0.4, 0.5) is 19.0 Å². The van der Waals surface area contributed by atoms with Crippen LogP contribution in [-0.4, -0.2) is 39.6 Å². The Morgan fingerprint density at radius 1 is 1.36 bits per heavy atom. The zero-order valence-electron chi connectivity index (χ0n) is 13.6. The van der Waals surface area contributed by atoms with E-state index in [0.717, 1.165) is 31.2 Å². The monoisotopic (exact) mass is 353 g/mol. The molecule has 3 rings (SSSR count). The highest BCUT2D eigenvalue weighted by atomic mass is 19.4. The molecule has 25 heavy (non-hydrogen) atoms. The molecule has 0 aliphatic carbocycles. The van der Waals surface area contributed by atoms with Crippen LogP contribution in [0, 0.1) is 0 Å². The molecule has 9 heteroatoms. The van der Waals surface area contributed by atoms with Gasteiger partial charge in [0.25, 0.3) is 5.91 Å². The fraction of sp³-hybridized carbons (Fsp3) is 0.438. The van der Waals surface area contributed by atoms with Gasteiger partial charge in [-0.25, -0.2) is 9.97 Å². The lowest BCUT2D eigenvalue weighted by Crippen LogP contribution is -2.48.